The van der Waals surface area contributed by atoms with Crippen LogP contribution in [0.1, 0.15) is 35.2 Å². The number of H-pyrrole nitrogens is 1. The number of phenolic OH excluding ortho intramolecular Hbond substituents is 1. The fourth-order valence-electron chi connectivity index (χ4n) is 3.47. The number of fused-ring (bicyclic) bond motifs is 3. The minimum Gasteiger partial charge on any atom is -0.504 e. The van der Waals surface area contributed by atoms with Crippen LogP contribution in [0.15, 0.2) is 23.0 Å². The molecule has 0 spiro atoms. The molecular formula is C20H19ClN2O3S. The molecule has 1 aliphatic carbocycles. The standard InChI is InChI=1S/C20H19ClN2O3S/c1-10-3-5-12-16(7-10)27-20-17(12)19(25)22-18(23-20)13(21)8-11-4-6-15(26-2)14(24)9-11/h4,6,8-10,24H,3,5,7H2,1-2H3,(H,22,23,25)/b13-8-/t10-/m1/s1. The van der Waals surface area contributed by atoms with Gasteiger partial charge in [0, 0.05) is 4.88 Å². The average molecular weight is 403 g/mol. The van der Waals surface area contributed by atoms with Gasteiger partial charge in [-0.25, -0.2) is 4.98 Å². The smallest absolute Gasteiger partial charge is 0.260 e. The minimum atomic E-state index is -0.147. The Labute approximate surface area is 165 Å². The Morgan fingerprint density at radius 1 is 1.48 bits per heavy atom. The molecule has 7 heteroatoms. The highest BCUT2D eigenvalue weighted by Gasteiger charge is 2.23. The summed E-state index contributed by atoms with van der Waals surface area (Å²) in [5.41, 5.74) is 1.68. The number of rotatable bonds is 3. The number of benzene rings is 1. The van der Waals surface area contributed by atoms with Crippen LogP contribution in [0, 0.1) is 5.92 Å². The van der Waals surface area contributed by atoms with Crippen molar-refractivity contribution in [3.05, 3.63) is 50.4 Å². The third kappa shape index (κ3) is 3.35. The molecule has 4 rings (SSSR count). The molecule has 0 radical (unpaired) electrons. The number of hydrogen-bond donors (Lipinski definition) is 2. The molecule has 1 aromatic carbocycles. The van der Waals surface area contributed by atoms with Crippen molar-refractivity contribution in [3.8, 4) is 11.5 Å². The van der Waals surface area contributed by atoms with E-state index in [2.05, 4.69) is 16.9 Å². The van der Waals surface area contributed by atoms with Crippen molar-refractivity contribution in [2.75, 3.05) is 7.11 Å². The van der Waals surface area contributed by atoms with E-state index in [-0.39, 0.29) is 11.3 Å². The van der Waals surface area contributed by atoms with E-state index < -0.39 is 0 Å². The van der Waals surface area contributed by atoms with Gasteiger partial charge in [-0.15, -0.1) is 11.3 Å². The summed E-state index contributed by atoms with van der Waals surface area (Å²) in [4.78, 5) is 22.1. The molecule has 2 aromatic heterocycles. The quantitative estimate of drug-likeness (QED) is 0.673. The maximum absolute atomic E-state index is 12.7. The number of hydrogen-bond acceptors (Lipinski definition) is 5. The zero-order valence-electron chi connectivity index (χ0n) is 15.0. The molecule has 0 amide bonds. The monoisotopic (exact) mass is 402 g/mol. The van der Waals surface area contributed by atoms with E-state index in [4.69, 9.17) is 16.3 Å². The predicted octanol–water partition coefficient (Wildman–Crippen LogP) is 4.56. The van der Waals surface area contributed by atoms with Crippen molar-refractivity contribution in [2.45, 2.75) is 26.2 Å². The zero-order chi connectivity index (χ0) is 19.1. The first-order valence-electron chi connectivity index (χ1n) is 8.75. The van der Waals surface area contributed by atoms with Crippen molar-refractivity contribution < 1.29 is 9.84 Å². The third-order valence-corrected chi connectivity index (χ3v) is 6.32. The molecule has 2 heterocycles. The summed E-state index contributed by atoms with van der Waals surface area (Å²) in [5.74, 6) is 1.37. The van der Waals surface area contributed by atoms with E-state index in [1.54, 1.807) is 35.6 Å². The van der Waals surface area contributed by atoms with Gasteiger partial charge in [-0.3, -0.25) is 4.79 Å². The first-order chi connectivity index (χ1) is 13.0. The number of phenols is 1. The minimum absolute atomic E-state index is 0.0210. The van der Waals surface area contributed by atoms with Gasteiger partial charge in [-0.05, 0) is 54.5 Å². The highest BCUT2D eigenvalue weighted by atomic mass is 35.5. The van der Waals surface area contributed by atoms with Crippen LogP contribution in [0.3, 0.4) is 0 Å². The number of thiophene rings is 1. The molecule has 3 aromatic rings. The van der Waals surface area contributed by atoms with Gasteiger partial charge in [0.25, 0.3) is 5.56 Å². The number of aromatic nitrogens is 2. The largest absolute Gasteiger partial charge is 0.504 e. The number of aromatic hydroxyl groups is 1. The molecule has 0 saturated carbocycles. The van der Waals surface area contributed by atoms with Crippen LogP contribution in [0.25, 0.3) is 21.3 Å². The van der Waals surface area contributed by atoms with Crippen LogP contribution in [0.5, 0.6) is 11.5 Å². The Hall–Kier alpha value is -2.31. The number of aromatic amines is 1. The van der Waals surface area contributed by atoms with Crippen molar-refractivity contribution in [1.82, 2.24) is 9.97 Å². The van der Waals surface area contributed by atoms with Crippen LogP contribution in [0.4, 0.5) is 0 Å². The molecule has 27 heavy (non-hydrogen) atoms. The number of aryl methyl sites for hydroxylation is 1. The summed E-state index contributed by atoms with van der Waals surface area (Å²) in [7, 11) is 1.49. The topological polar surface area (TPSA) is 75.2 Å². The second-order valence-corrected chi connectivity index (χ2v) is 8.36. The predicted molar refractivity (Wildman–Crippen MR) is 110 cm³/mol. The number of nitrogens with zero attached hydrogens (tertiary/aromatic N) is 1. The van der Waals surface area contributed by atoms with E-state index in [0.717, 1.165) is 29.7 Å². The lowest BCUT2D eigenvalue weighted by Crippen LogP contribution is -2.14. The maximum Gasteiger partial charge on any atom is 0.260 e. The third-order valence-electron chi connectivity index (χ3n) is 4.89. The van der Waals surface area contributed by atoms with Crippen molar-refractivity contribution >= 4 is 44.3 Å². The Morgan fingerprint density at radius 2 is 2.30 bits per heavy atom. The molecule has 5 nitrogen and oxygen atoms in total. The Kier molecular flexibility index (Phi) is 4.70. The fourth-order valence-corrected chi connectivity index (χ4v) is 5.07. The van der Waals surface area contributed by atoms with Gasteiger partial charge < -0.3 is 14.8 Å². The maximum atomic E-state index is 12.7. The molecule has 0 unspecified atom stereocenters. The molecule has 0 bridgehead atoms. The van der Waals surface area contributed by atoms with Crippen molar-refractivity contribution in [1.29, 1.82) is 0 Å². The summed E-state index contributed by atoms with van der Waals surface area (Å²) >= 11 is 8.00. The van der Waals surface area contributed by atoms with Gasteiger partial charge >= 0.3 is 0 Å². The van der Waals surface area contributed by atoms with Gasteiger partial charge in [0.2, 0.25) is 0 Å². The van der Waals surface area contributed by atoms with Gasteiger partial charge in [-0.2, -0.15) is 0 Å². The lowest BCUT2D eigenvalue weighted by Gasteiger charge is -2.17. The zero-order valence-corrected chi connectivity index (χ0v) is 16.6. The van der Waals surface area contributed by atoms with Crippen molar-refractivity contribution in [3.63, 3.8) is 0 Å². The number of ether oxygens (including phenoxy) is 1. The van der Waals surface area contributed by atoms with Crippen LogP contribution in [-0.4, -0.2) is 22.2 Å². The van der Waals surface area contributed by atoms with Crippen molar-refractivity contribution in [2.24, 2.45) is 5.92 Å². The second-order valence-electron chi connectivity index (χ2n) is 6.87. The molecule has 140 valence electrons. The lowest BCUT2D eigenvalue weighted by molar-refractivity contribution is 0.373. The molecule has 2 N–H and O–H groups in total. The average Bonchev–Trinajstić information content (AvgIpc) is 2.99. The Morgan fingerprint density at radius 3 is 3.04 bits per heavy atom. The molecule has 0 fully saturated rings. The molecular weight excluding hydrogens is 384 g/mol. The van der Waals surface area contributed by atoms with Gasteiger partial charge in [-0.1, -0.05) is 24.6 Å². The first kappa shape index (κ1) is 18.1. The SMILES string of the molecule is COc1ccc(/C=C(\Cl)c2nc3sc4c(c3c(=O)[nH]2)CC[C@@H](C)C4)cc1O. The Balaban J connectivity index is 1.75. The molecule has 0 saturated heterocycles. The van der Waals surface area contributed by atoms with E-state index >= 15 is 0 Å². The molecule has 1 aliphatic rings. The number of methoxy groups -OCH3 is 1. The molecule has 0 aliphatic heterocycles. The van der Waals surface area contributed by atoms with Gasteiger partial charge in [0.1, 0.15) is 4.83 Å². The van der Waals surface area contributed by atoms with E-state index in [1.165, 1.54) is 12.0 Å². The van der Waals surface area contributed by atoms with Crippen LogP contribution in [-0.2, 0) is 12.8 Å². The van der Waals surface area contributed by atoms with Gasteiger partial charge in [0.05, 0.1) is 17.5 Å². The van der Waals surface area contributed by atoms with Crippen LogP contribution >= 0.6 is 22.9 Å². The summed E-state index contributed by atoms with van der Waals surface area (Å²) in [6.07, 6.45) is 4.68. The van der Waals surface area contributed by atoms with E-state index in [9.17, 15) is 9.90 Å². The van der Waals surface area contributed by atoms with E-state index in [0.29, 0.717) is 33.5 Å². The lowest BCUT2D eigenvalue weighted by atomic mass is 9.89. The summed E-state index contributed by atoms with van der Waals surface area (Å²) in [5, 5.41) is 10.9. The normalized spacial score (nSPS) is 17.1. The number of nitrogens with one attached hydrogen (secondary N) is 1. The fraction of sp³-hybridized carbons (Fsp3) is 0.300. The highest BCUT2D eigenvalue weighted by Crippen LogP contribution is 2.36. The highest BCUT2D eigenvalue weighted by molar-refractivity contribution is 7.18. The van der Waals surface area contributed by atoms with Crippen LogP contribution < -0.4 is 10.3 Å². The van der Waals surface area contributed by atoms with Crippen LogP contribution in [0.2, 0.25) is 0 Å². The second kappa shape index (κ2) is 7.02. The summed E-state index contributed by atoms with van der Waals surface area (Å²) in [6, 6.07) is 4.96. The molecule has 1 atom stereocenters. The Bertz CT molecular complexity index is 1120. The number of halogens is 1. The van der Waals surface area contributed by atoms with Gasteiger partial charge in [0.15, 0.2) is 17.3 Å². The first-order valence-corrected chi connectivity index (χ1v) is 9.95. The summed E-state index contributed by atoms with van der Waals surface area (Å²) in [6.45, 7) is 2.24. The summed E-state index contributed by atoms with van der Waals surface area (Å²) < 4.78 is 5.04. The van der Waals surface area contributed by atoms with E-state index in [1.807, 2.05) is 0 Å².